The van der Waals surface area contributed by atoms with Crippen molar-refractivity contribution in [3.05, 3.63) is 48.0 Å². The summed E-state index contributed by atoms with van der Waals surface area (Å²) in [6, 6.07) is 12.6. The van der Waals surface area contributed by atoms with Gasteiger partial charge in [0.15, 0.2) is 0 Å². The number of anilines is 2. The fourth-order valence-electron chi connectivity index (χ4n) is 2.89. The van der Waals surface area contributed by atoms with E-state index in [0.29, 0.717) is 18.8 Å². The number of likely N-dealkylation sites (N-methyl/N-ethyl adjacent to an activating group) is 1. The maximum Gasteiger partial charge on any atom is 0.264 e. The standard InChI is InChI=1S/C18H22N2O3S/c1-4-20(15-7-5-6-14(2)12-15)24(21,22)16-8-9-18-17(13-16)19(3)10-11-23-18/h5-9,12-13H,4,10-11H2,1-3H3. The van der Waals surface area contributed by atoms with Crippen LogP contribution >= 0.6 is 0 Å². The van der Waals surface area contributed by atoms with E-state index in [-0.39, 0.29) is 4.90 Å². The van der Waals surface area contributed by atoms with Crippen molar-refractivity contribution in [1.82, 2.24) is 0 Å². The molecule has 0 spiro atoms. The molecule has 2 aromatic rings. The van der Waals surface area contributed by atoms with E-state index >= 15 is 0 Å². The first kappa shape index (κ1) is 16.6. The van der Waals surface area contributed by atoms with E-state index in [1.807, 2.05) is 50.1 Å². The van der Waals surface area contributed by atoms with E-state index in [1.165, 1.54) is 4.31 Å². The van der Waals surface area contributed by atoms with E-state index in [1.54, 1.807) is 18.2 Å². The lowest BCUT2D eigenvalue weighted by Gasteiger charge is -2.29. The molecule has 1 aliphatic rings. The molecule has 6 heteroatoms. The number of hydrogen-bond acceptors (Lipinski definition) is 4. The van der Waals surface area contributed by atoms with Gasteiger partial charge in [-0.25, -0.2) is 8.42 Å². The van der Waals surface area contributed by atoms with Gasteiger partial charge < -0.3 is 9.64 Å². The van der Waals surface area contributed by atoms with Crippen LogP contribution in [-0.4, -0.2) is 35.2 Å². The Balaban J connectivity index is 2.05. The fraction of sp³-hybridized carbons (Fsp3) is 0.333. The van der Waals surface area contributed by atoms with Crippen molar-refractivity contribution in [2.75, 3.05) is 35.9 Å². The van der Waals surface area contributed by atoms with Gasteiger partial charge in [0, 0.05) is 13.6 Å². The van der Waals surface area contributed by atoms with Crippen LogP contribution in [0.15, 0.2) is 47.4 Å². The van der Waals surface area contributed by atoms with Gasteiger partial charge in [-0.2, -0.15) is 0 Å². The highest BCUT2D eigenvalue weighted by Crippen LogP contribution is 2.34. The molecule has 0 radical (unpaired) electrons. The van der Waals surface area contributed by atoms with E-state index in [2.05, 4.69) is 0 Å². The summed E-state index contributed by atoms with van der Waals surface area (Å²) in [6.07, 6.45) is 0. The van der Waals surface area contributed by atoms with Crippen LogP contribution < -0.4 is 13.9 Å². The quantitative estimate of drug-likeness (QED) is 0.854. The molecule has 0 fully saturated rings. The van der Waals surface area contributed by atoms with Crippen molar-refractivity contribution in [2.45, 2.75) is 18.7 Å². The SMILES string of the molecule is CCN(c1cccc(C)c1)S(=O)(=O)c1ccc2c(c1)N(C)CCO2. The molecule has 0 aliphatic carbocycles. The first-order chi connectivity index (χ1) is 11.4. The monoisotopic (exact) mass is 346 g/mol. The van der Waals surface area contributed by atoms with Crippen LogP contribution in [0.2, 0.25) is 0 Å². The van der Waals surface area contributed by atoms with Gasteiger partial charge >= 0.3 is 0 Å². The topological polar surface area (TPSA) is 49.9 Å². The second-order valence-electron chi connectivity index (χ2n) is 5.91. The lowest BCUT2D eigenvalue weighted by atomic mass is 10.2. The smallest absolute Gasteiger partial charge is 0.264 e. The predicted molar refractivity (Wildman–Crippen MR) is 96.6 cm³/mol. The van der Waals surface area contributed by atoms with Crippen molar-refractivity contribution >= 4 is 21.4 Å². The predicted octanol–water partition coefficient (Wildman–Crippen LogP) is 3.04. The first-order valence-electron chi connectivity index (χ1n) is 8.01. The van der Waals surface area contributed by atoms with Crippen molar-refractivity contribution in [3.63, 3.8) is 0 Å². The first-order valence-corrected chi connectivity index (χ1v) is 9.45. The summed E-state index contributed by atoms with van der Waals surface area (Å²) in [4.78, 5) is 2.29. The number of rotatable bonds is 4. The van der Waals surface area contributed by atoms with Crippen molar-refractivity contribution in [1.29, 1.82) is 0 Å². The fourth-order valence-corrected chi connectivity index (χ4v) is 4.38. The molecule has 0 N–H and O–H groups in total. The van der Waals surface area contributed by atoms with Crippen LogP contribution in [0.5, 0.6) is 5.75 Å². The molecule has 2 aromatic carbocycles. The molecule has 1 aliphatic heterocycles. The van der Waals surface area contributed by atoms with Crippen LogP contribution in [0.1, 0.15) is 12.5 Å². The van der Waals surface area contributed by atoms with Crippen LogP contribution in [-0.2, 0) is 10.0 Å². The number of aryl methyl sites for hydroxylation is 1. The zero-order valence-electron chi connectivity index (χ0n) is 14.2. The Labute approximate surface area is 143 Å². The van der Waals surface area contributed by atoms with Crippen molar-refractivity contribution < 1.29 is 13.2 Å². The summed E-state index contributed by atoms with van der Waals surface area (Å²) < 4.78 is 33.3. The highest BCUT2D eigenvalue weighted by Gasteiger charge is 2.26. The summed E-state index contributed by atoms with van der Waals surface area (Å²) in [5.74, 6) is 0.723. The lowest BCUT2D eigenvalue weighted by molar-refractivity contribution is 0.311. The van der Waals surface area contributed by atoms with E-state index in [0.717, 1.165) is 23.5 Å². The second-order valence-corrected chi connectivity index (χ2v) is 7.77. The molecule has 1 heterocycles. The number of benzene rings is 2. The summed E-state index contributed by atoms with van der Waals surface area (Å²) in [7, 11) is -1.69. The van der Waals surface area contributed by atoms with Crippen LogP contribution in [0, 0.1) is 6.92 Å². The largest absolute Gasteiger partial charge is 0.490 e. The molecule has 0 saturated carbocycles. The van der Waals surface area contributed by atoms with Gasteiger partial charge in [0.2, 0.25) is 0 Å². The summed E-state index contributed by atoms with van der Waals surface area (Å²) in [5.41, 5.74) is 2.52. The molecule has 0 bridgehead atoms. The van der Waals surface area contributed by atoms with Gasteiger partial charge in [0.1, 0.15) is 12.4 Å². The second kappa shape index (κ2) is 6.36. The molecule has 0 saturated heterocycles. The summed E-state index contributed by atoms with van der Waals surface area (Å²) in [5, 5.41) is 0. The minimum absolute atomic E-state index is 0.280. The summed E-state index contributed by atoms with van der Waals surface area (Å²) in [6.45, 7) is 5.52. The Morgan fingerprint density at radius 2 is 2.00 bits per heavy atom. The molecule has 128 valence electrons. The third kappa shape index (κ3) is 2.94. The zero-order chi connectivity index (χ0) is 17.3. The number of nitrogens with zero attached hydrogens (tertiary/aromatic N) is 2. The molecule has 3 rings (SSSR count). The van der Waals surface area contributed by atoms with Crippen LogP contribution in [0.4, 0.5) is 11.4 Å². The number of sulfonamides is 1. The van der Waals surface area contributed by atoms with Gasteiger partial charge in [-0.1, -0.05) is 12.1 Å². The molecule has 5 nitrogen and oxygen atoms in total. The molecular weight excluding hydrogens is 324 g/mol. The van der Waals surface area contributed by atoms with Gasteiger partial charge in [-0.3, -0.25) is 4.31 Å². The Bertz CT molecular complexity index is 849. The number of ether oxygens (including phenoxy) is 1. The minimum atomic E-state index is -3.63. The summed E-state index contributed by atoms with van der Waals surface area (Å²) >= 11 is 0. The molecule has 0 amide bonds. The number of fused-ring (bicyclic) bond motifs is 1. The van der Waals surface area contributed by atoms with Gasteiger partial charge in [0.25, 0.3) is 10.0 Å². The molecule has 24 heavy (non-hydrogen) atoms. The van der Waals surface area contributed by atoms with E-state index < -0.39 is 10.0 Å². The average molecular weight is 346 g/mol. The highest BCUT2D eigenvalue weighted by molar-refractivity contribution is 7.92. The van der Waals surface area contributed by atoms with Gasteiger partial charge in [-0.05, 0) is 49.7 Å². The molecular formula is C18H22N2O3S. The van der Waals surface area contributed by atoms with Crippen molar-refractivity contribution in [3.8, 4) is 5.75 Å². The average Bonchev–Trinajstić information content (AvgIpc) is 2.55. The van der Waals surface area contributed by atoms with Crippen LogP contribution in [0.25, 0.3) is 0 Å². The maximum atomic E-state index is 13.1. The van der Waals surface area contributed by atoms with Crippen molar-refractivity contribution in [2.24, 2.45) is 0 Å². The van der Waals surface area contributed by atoms with E-state index in [9.17, 15) is 8.42 Å². The minimum Gasteiger partial charge on any atom is -0.490 e. The van der Waals surface area contributed by atoms with Gasteiger partial charge in [0.05, 0.1) is 22.8 Å². The Morgan fingerprint density at radius 3 is 2.71 bits per heavy atom. The highest BCUT2D eigenvalue weighted by atomic mass is 32.2. The van der Waals surface area contributed by atoms with Gasteiger partial charge in [-0.15, -0.1) is 0 Å². The zero-order valence-corrected chi connectivity index (χ0v) is 15.0. The van der Waals surface area contributed by atoms with Crippen LogP contribution in [0.3, 0.4) is 0 Å². The molecule has 0 atom stereocenters. The third-order valence-corrected chi connectivity index (χ3v) is 6.09. The Kier molecular flexibility index (Phi) is 4.41. The molecule has 0 aromatic heterocycles. The molecule has 0 unspecified atom stereocenters. The number of hydrogen-bond donors (Lipinski definition) is 0. The Morgan fingerprint density at radius 1 is 1.21 bits per heavy atom. The third-order valence-electron chi connectivity index (χ3n) is 4.19. The van der Waals surface area contributed by atoms with E-state index in [4.69, 9.17) is 4.74 Å². The maximum absolute atomic E-state index is 13.1. The Hall–Kier alpha value is -2.21. The normalized spacial score (nSPS) is 14.0. The lowest BCUT2D eigenvalue weighted by Crippen LogP contribution is -2.32.